The number of amides is 1. The first-order chi connectivity index (χ1) is 6.74. The summed E-state index contributed by atoms with van der Waals surface area (Å²) in [7, 11) is 0. The van der Waals surface area contributed by atoms with E-state index in [1.165, 1.54) is 12.8 Å². The molecule has 0 aromatic carbocycles. The van der Waals surface area contributed by atoms with Crippen LogP contribution in [0.1, 0.15) is 45.4 Å². The van der Waals surface area contributed by atoms with Crippen molar-refractivity contribution in [2.75, 3.05) is 0 Å². The molecule has 0 bridgehead atoms. The van der Waals surface area contributed by atoms with Gasteiger partial charge in [0.05, 0.1) is 12.1 Å². The molecule has 0 radical (unpaired) electrons. The molecule has 4 nitrogen and oxygen atoms in total. The van der Waals surface area contributed by atoms with Crippen molar-refractivity contribution in [2.45, 2.75) is 57.6 Å². The summed E-state index contributed by atoms with van der Waals surface area (Å²) in [5.74, 6) is -0.196. The van der Waals surface area contributed by atoms with Crippen molar-refractivity contribution in [3.63, 3.8) is 0 Å². The lowest BCUT2D eigenvalue weighted by Gasteiger charge is -2.14. The molecule has 3 N–H and O–H groups in total. The van der Waals surface area contributed by atoms with Crippen molar-refractivity contribution >= 4 is 5.91 Å². The molecule has 1 rings (SSSR count). The molecule has 1 fully saturated rings. The number of hydrogen-bond donors (Lipinski definition) is 2. The number of hydrogen-bond acceptors (Lipinski definition) is 3. The zero-order valence-corrected chi connectivity index (χ0v) is 8.79. The molecule has 0 unspecified atom stereocenters. The van der Waals surface area contributed by atoms with E-state index in [1.54, 1.807) is 0 Å². The molecule has 1 atom stereocenters. The Morgan fingerprint density at radius 2 is 2.21 bits per heavy atom. The Hall–Kier alpha value is -0.610. The minimum Gasteiger partial charge on any atom is -0.320 e. The maximum atomic E-state index is 11.3. The van der Waals surface area contributed by atoms with Crippen LogP contribution in [-0.2, 0) is 9.63 Å². The van der Waals surface area contributed by atoms with Crippen LogP contribution in [0.5, 0.6) is 0 Å². The van der Waals surface area contributed by atoms with Crippen LogP contribution in [-0.4, -0.2) is 18.1 Å². The van der Waals surface area contributed by atoms with Crippen molar-refractivity contribution in [3.8, 4) is 0 Å². The first-order valence-electron chi connectivity index (χ1n) is 5.45. The summed E-state index contributed by atoms with van der Waals surface area (Å²) in [4.78, 5) is 16.6. The van der Waals surface area contributed by atoms with Gasteiger partial charge in [-0.1, -0.05) is 26.2 Å². The van der Waals surface area contributed by atoms with Crippen molar-refractivity contribution in [2.24, 2.45) is 5.73 Å². The van der Waals surface area contributed by atoms with E-state index in [0.29, 0.717) is 6.42 Å². The number of nitrogens with one attached hydrogen (secondary N) is 1. The predicted octanol–water partition coefficient (Wildman–Crippen LogP) is 1.10. The Kier molecular flexibility index (Phi) is 4.90. The maximum absolute atomic E-state index is 11.3. The molecule has 0 saturated heterocycles. The Bertz CT molecular complexity index is 179. The fraction of sp³-hybridized carbons (Fsp3) is 0.900. The van der Waals surface area contributed by atoms with Gasteiger partial charge in [0.15, 0.2) is 0 Å². The first kappa shape index (κ1) is 11.5. The normalized spacial score (nSPS) is 19.6. The lowest BCUT2D eigenvalue weighted by atomic mass is 10.2. The van der Waals surface area contributed by atoms with Crippen LogP contribution >= 0.6 is 0 Å². The highest BCUT2D eigenvalue weighted by Gasteiger charge is 2.18. The van der Waals surface area contributed by atoms with E-state index in [-0.39, 0.29) is 12.0 Å². The van der Waals surface area contributed by atoms with E-state index in [4.69, 9.17) is 10.6 Å². The molecule has 1 aliphatic rings. The van der Waals surface area contributed by atoms with E-state index < -0.39 is 6.04 Å². The first-order valence-corrected chi connectivity index (χ1v) is 5.45. The molecule has 14 heavy (non-hydrogen) atoms. The predicted molar refractivity (Wildman–Crippen MR) is 54.4 cm³/mol. The summed E-state index contributed by atoms with van der Waals surface area (Å²) in [5.41, 5.74) is 8.07. The van der Waals surface area contributed by atoms with Crippen LogP contribution in [0, 0.1) is 0 Å². The van der Waals surface area contributed by atoms with Gasteiger partial charge in [0.2, 0.25) is 0 Å². The molecule has 0 aliphatic heterocycles. The zero-order valence-electron chi connectivity index (χ0n) is 8.79. The van der Waals surface area contributed by atoms with Crippen LogP contribution < -0.4 is 11.2 Å². The molecule has 0 spiro atoms. The molecular formula is C10H20N2O2. The van der Waals surface area contributed by atoms with Crippen molar-refractivity contribution in [1.82, 2.24) is 5.48 Å². The largest absolute Gasteiger partial charge is 0.320 e. The molecule has 0 heterocycles. The van der Waals surface area contributed by atoms with Gasteiger partial charge in [-0.2, -0.15) is 0 Å². The monoisotopic (exact) mass is 200 g/mol. The van der Waals surface area contributed by atoms with Gasteiger partial charge in [-0.3, -0.25) is 9.63 Å². The third kappa shape index (κ3) is 3.64. The smallest absolute Gasteiger partial charge is 0.260 e. The van der Waals surface area contributed by atoms with Crippen LogP contribution in [0.3, 0.4) is 0 Å². The number of rotatable bonds is 5. The van der Waals surface area contributed by atoms with Crippen LogP contribution in [0.25, 0.3) is 0 Å². The third-order valence-corrected chi connectivity index (χ3v) is 2.56. The molecule has 0 aromatic rings. The van der Waals surface area contributed by atoms with Crippen LogP contribution in [0.2, 0.25) is 0 Å². The Balaban J connectivity index is 2.13. The van der Waals surface area contributed by atoms with E-state index in [1.807, 2.05) is 6.92 Å². The second-order valence-corrected chi connectivity index (χ2v) is 3.89. The van der Waals surface area contributed by atoms with Gasteiger partial charge < -0.3 is 5.73 Å². The lowest BCUT2D eigenvalue weighted by Crippen LogP contribution is -2.41. The highest BCUT2D eigenvalue weighted by Crippen LogP contribution is 2.19. The topological polar surface area (TPSA) is 64.4 Å². The number of nitrogens with two attached hydrogens (primary N) is 1. The summed E-state index contributed by atoms with van der Waals surface area (Å²) >= 11 is 0. The van der Waals surface area contributed by atoms with Crippen molar-refractivity contribution in [3.05, 3.63) is 0 Å². The quantitative estimate of drug-likeness (QED) is 0.653. The van der Waals surface area contributed by atoms with E-state index >= 15 is 0 Å². The fourth-order valence-corrected chi connectivity index (χ4v) is 1.67. The summed E-state index contributed by atoms with van der Waals surface area (Å²) in [6.45, 7) is 2.00. The number of carbonyl (C=O) groups excluding carboxylic acids is 1. The minimum atomic E-state index is -0.429. The summed E-state index contributed by atoms with van der Waals surface area (Å²) in [5, 5.41) is 0. The highest BCUT2D eigenvalue weighted by molar-refractivity contribution is 5.80. The van der Waals surface area contributed by atoms with Gasteiger partial charge in [-0.05, 0) is 19.3 Å². The summed E-state index contributed by atoms with van der Waals surface area (Å²) in [6.07, 6.45) is 6.31. The number of hydroxylamine groups is 1. The second kappa shape index (κ2) is 5.98. The molecule has 4 heteroatoms. The SMILES string of the molecule is CCC[C@H](N)C(=O)NOC1CCCC1. The minimum absolute atomic E-state index is 0.196. The van der Waals surface area contributed by atoms with E-state index in [9.17, 15) is 4.79 Å². The van der Waals surface area contributed by atoms with E-state index in [0.717, 1.165) is 19.3 Å². The van der Waals surface area contributed by atoms with Gasteiger partial charge in [0.25, 0.3) is 5.91 Å². The van der Waals surface area contributed by atoms with Crippen LogP contribution in [0.4, 0.5) is 0 Å². The van der Waals surface area contributed by atoms with Crippen molar-refractivity contribution in [1.29, 1.82) is 0 Å². The van der Waals surface area contributed by atoms with Crippen LogP contribution in [0.15, 0.2) is 0 Å². The van der Waals surface area contributed by atoms with Gasteiger partial charge in [0, 0.05) is 0 Å². The van der Waals surface area contributed by atoms with E-state index in [2.05, 4.69) is 5.48 Å². The Morgan fingerprint density at radius 3 is 2.79 bits per heavy atom. The second-order valence-electron chi connectivity index (χ2n) is 3.89. The number of carbonyl (C=O) groups is 1. The zero-order chi connectivity index (χ0) is 10.4. The van der Waals surface area contributed by atoms with Crippen molar-refractivity contribution < 1.29 is 9.63 Å². The molecule has 0 aromatic heterocycles. The third-order valence-electron chi connectivity index (χ3n) is 2.56. The molecule has 1 aliphatic carbocycles. The molecular weight excluding hydrogens is 180 g/mol. The van der Waals surface area contributed by atoms with Gasteiger partial charge in [0.1, 0.15) is 0 Å². The van der Waals surface area contributed by atoms with Gasteiger partial charge >= 0.3 is 0 Å². The molecule has 1 saturated carbocycles. The average Bonchev–Trinajstić information content (AvgIpc) is 2.67. The highest BCUT2D eigenvalue weighted by atomic mass is 16.7. The molecule has 82 valence electrons. The van der Waals surface area contributed by atoms with Gasteiger partial charge in [-0.15, -0.1) is 0 Å². The fourth-order valence-electron chi connectivity index (χ4n) is 1.67. The lowest BCUT2D eigenvalue weighted by molar-refractivity contribution is -0.139. The summed E-state index contributed by atoms with van der Waals surface area (Å²) < 4.78 is 0. The average molecular weight is 200 g/mol. The summed E-state index contributed by atoms with van der Waals surface area (Å²) in [6, 6.07) is -0.429. The maximum Gasteiger partial charge on any atom is 0.260 e. The Labute approximate surface area is 85.1 Å². The standard InChI is InChI=1S/C10H20N2O2/c1-2-5-9(11)10(13)12-14-8-6-3-4-7-8/h8-9H,2-7,11H2,1H3,(H,12,13)/t9-/m0/s1. The van der Waals surface area contributed by atoms with Gasteiger partial charge in [-0.25, -0.2) is 5.48 Å². The Morgan fingerprint density at radius 1 is 1.57 bits per heavy atom. The molecule has 1 amide bonds.